The third-order valence-corrected chi connectivity index (χ3v) is 7.66. The van der Waals surface area contributed by atoms with Crippen LogP contribution in [0.4, 0.5) is 0 Å². The Morgan fingerprint density at radius 1 is 0.711 bits per heavy atom. The predicted octanol–water partition coefficient (Wildman–Crippen LogP) is 9.55. The molecule has 0 saturated carbocycles. The highest BCUT2D eigenvalue weighted by atomic mass is 16.7. The normalized spacial score (nSPS) is 17.5. The standard InChI is InChI=1S/C34H53NO3/c1-3-5-7-9-11-13-15-25-36-32-21-19-31(20-22-32)33-23-17-29(26-35-33)18-24-34-37-27-30(28-38-34)16-14-12-10-8-6-4-2/h17,19-23,26,30,34H,3-16,18,24-25,27-28H2,1-2H3/t30-,34-. The minimum absolute atomic E-state index is 0.0796. The van der Waals surface area contributed by atoms with Crippen LogP contribution in [0.15, 0.2) is 42.6 Å². The molecule has 2 heterocycles. The van der Waals surface area contributed by atoms with E-state index in [1.165, 1.54) is 89.0 Å². The number of aromatic nitrogens is 1. The zero-order valence-corrected chi connectivity index (χ0v) is 24.3. The summed E-state index contributed by atoms with van der Waals surface area (Å²) in [4.78, 5) is 4.71. The van der Waals surface area contributed by atoms with Gasteiger partial charge in [0, 0.05) is 24.1 Å². The van der Waals surface area contributed by atoms with Crippen LogP contribution >= 0.6 is 0 Å². The van der Waals surface area contributed by atoms with E-state index < -0.39 is 0 Å². The summed E-state index contributed by atoms with van der Waals surface area (Å²) in [7, 11) is 0. The second-order valence-electron chi connectivity index (χ2n) is 11.1. The van der Waals surface area contributed by atoms with E-state index in [4.69, 9.17) is 19.2 Å². The van der Waals surface area contributed by atoms with Gasteiger partial charge in [-0.25, -0.2) is 0 Å². The Balaban J connectivity index is 1.28. The van der Waals surface area contributed by atoms with Crippen molar-refractivity contribution in [2.24, 2.45) is 5.92 Å². The van der Waals surface area contributed by atoms with E-state index in [9.17, 15) is 0 Å². The lowest BCUT2D eigenvalue weighted by atomic mass is 10.0. The molecule has 0 radical (unpaired) electrons. The van der Waals surface area contributed by atoms with Crippen molar-refractivity contribution in [1.29, 1.82) is 0 Å². The molecule has 0 N–H and O–H groups in total. The molecular formula is C34H53NO3. The number of hydrogen-bond acceptors (Lipinski definition) is 4. The van der Waals surface area contributed by atoms with Gasteiger partial charge in [0.2, 0.25) is 0 Å². The molecule has 2 aromatic rings. The fourth-order valence-electron chi connectivity index (χ4n) is 5.13. The van der Waals surface area contributed by atoms with E-state index in [-0.39, 0.29) is 6.29 Å². The summed E-state index contributed by atoms with van der Waals surface area (Å²) in [5, 5.41) is 0. The van der Waals surface area contributed by atoms with E-state index in [0.717, 1.165) is 56.1 Å². The van der Waals surface area contributed by atoms with Gasteiger partial charge in [0.15, 0.2) is 6.29 Å². The summed E-state index contributed by atoms with van der Waals surface area (Å²) in [6.07, 6.45) is 22.2. The molecule has 0 bridgehead atoms. The van der Waals surface area contributed by atoms with Crippen LogP contribution in [0.5, 0.6) is 5.75 Å². The maximum atomic E-state index is 6.02. The van der Waals surface area contributed by atoms with Crippen LogP contribution in [0.25, 0.3) is 11.3 Å². The van der Waals surface area contributed by atoms with Crippen molar-refractivity contribution in [3.63, 3.8) is 0 Å². The van der Waals surface area contributed by atoms with Crippen molar-refractivity contribution in [2.75, 3.05) is 19.8 Å². The predicted molar refractivity (Wildman–Crippen MR) is 159 cm³/mol. The largest absolute Gasteiger partial charge is 0.494 e. The number of hydrogen-bond donors (Lipinski definition) is 0. The average molecular weight is 524 g/mol. The number of unbranched alkanes of at least 4 members (excludes halogenated alkanes) is 11. The molecule has 38 heavy (non-hydrogen) atoms. The van der Waals surface area contributed by atoms with Crippen molar-refractivity contribution in [3.05, 3.63) is 48.2 Å². The lowest BCUT2D eigenvalue weighted by Crippen LogP contribution is -2.32. The van der Waals surface area contributed by atoms with Crippen LogP contribution < -0.4 is 4.74 Å². The minimum Gasteiger partial charge on any atom is -0.494 e. The Morgan fingerprint density at radius 2 is 1.34 bits per heavy atom. The number of nitrogens with zero attached hydrogens (tertiary/aromatic N) is 1. The molecular weight excluding hydrogens is 470 g/mol. The SMILES string of the molecule is CCCCCCCCCOc1ccc(-c2ccc(CC[C@H]3OC[C@H](CCCCCCCC)CO3)cn2)cc1. The molecule has 1 aromatic carbocycles. The lowest BCUT2D eigenvalue weighted by molar-refractivity contribution is -0.203. The number of ether oxygens (including phenoxy) is 3. The summed E-state index contributed by atoms with van der Waals surface area (Å²) in [5.41, 5.74) is 3.34. The molecule has 0 spiro atoms. The molecule has 1 aromatic heterocycles. The first kappa shape index (κ1) is 30.6. The molecule has 0 amide bonds. The quantitative estimate of drug-likeness (QED) is 0.162. The topological polar surface area (TPSA) is 40.6 Å². The maximum absolute atomic E-state index is 6.02. The van der Waals surface area contributed by atoms with E-state index in [2.05, 4.69) is 50.2 Å². The molecule has 0 unspecified atom stereocenters. The van der Waals surface area contributed by atoms with Crippen molar-refractivity contribution in [1.82, 2.24) is 4.98 Å². The highest BCUT2D eigenvalue weighted by Crippen LogP contribution is 2.23. The van der Waals surface area contributed by atoms with Crippen LogP contribution in [0.2, 0.25) is 0 Å². The van der Waals surface area contributed by atoms with Gasteiger partial charge in [-0.2, -0.15) is 0 Å². The van der Waals surface area contributed by atoms with Gasteiger partial charge in [0.05, 0.1) is 25.5 Å². The maximum Gasteiger partial charge on any atom is 0.157 e. The van der Waals surface area contributed by atoms with E-state index >= 15 is 0 Å². The second-order valence-corrected chi connectivity index (χ2v) is 11.1. The molecule has 1 aliphatic rings. The van der Waals surface area contributed by atoms with Gasteiger partial charge >= 0.3 is 0 Å². The van der Waals surface area contributed by atoms with Gasteiger partial charge in [0.1, 0.15) is 5.75 Å². The first-order valence-electron chi connectivity index (χ1n) is 15.7. The number of pyridine rings is 1. The number of rotatable bonds is 20. The van der Waals surface area contributed by atoms with Gasteiger partial charge in [-0.15, -0.1) is 0 Å². The van der Waals surface area contributed by atoms with Crippen molar-refractivity contribution in [3.8, 4) is 17.0 Å². The summed E-state index contributed by atoms with van der Waals surface area (Å²) in [5.74, 6) is 1.51. The van der Waals surface area contributed by atoms with Crippen LogP contribution in [-0.2, 0) is 15.9 Å². The Kier molecular flexibility index (Phi) is 15.5. The van der Waals surface area contributed by atoms with Gasteiger partial charge in [-0.3, -0.25) is 4.98 Å². The van der Waals surface area contributed by atoms with E-state index in [0.29, 0.717) is 5.92 Å². The molecule has 4 heteroatoms. The van der Waals surface area contributed by atoms with Crippen LogP contribution in [0, 0.1) is 5.92 Å². The van der Waals surface area contributed by atoms with Crippen molar-refractivity contribution >= 4 is 0 Å². The molecule has 1 saturated heterocycles. The molecule has 1 fully saturated rings. The van der Waals surface area contributed by atoms with Crippen molar-refractivity contribution in [2.45, 2.75) is 123 Å². The average Bonchev–Trinajstić information content (AvgIpc) is 2.96. The van der Waals surface area contributed by atoms with Gasteiger partial charge < -0.3 is 14.2 Å². The lowest BCUT2D eigenvalue weighted by Gasteiger charge is -2.29. The highest BCUT2D eigenvalue weighted by molar-refractivity contribution is 5.60. The Morgan fingerprint density at radius 3 is 1.97 bits per heavy atom. The molecule has 212 valence electrons. The molecule has 4 nitrogen and oxygen atoms in total. The van der Waals surface area contributed by atoms with Crippen LogP contribution in [0.3, 0.4) is 0 Å². The van der Waals surface area contributed by atoms with Crippen LogP contribution in [0.1, 0.15) is 116 Å². The fourth-order valence-corrected chi connectivity index (χ4v) is 5.13. The summed E-state index contributed by atoms with van der Waals surface area (Å²) in [6, 6.07) is 12.6. The number of benzene rings is 1. The molecule has 3 rings (SSSR count). The molecule has 0 atom stereocenters. The zero-order chi connectivity index (χ0) is 26.7. The fraction of sp³-hybridized carbons (Fsp3) is 0.676. The smallest absolute Gasteiger partial charge is 0.157 e. The second kappa shape index (κ2) is 19.2. The highest BCUT2D eigenvalue weighted by Gasteiger charge is 2.21. The molecule has 1 aliphatic heterocycles. The van der Waals surface area contributed by atoms with Gasteiger partial charge in [-0.05, 0) is 55.2 Å². The Labute approximate surface area is 232 Å². The first-order chi connectivity index (χ1) is 18.8. The monoisotopic (exact) mass is 523 g/mol. The van der Waals surface area contributed by atoms with Gasteiger partial charge in [-0.1, -0.05) is 97.0 Å². The third-order valence-electron chi connectivity index (χ3n) is 7.66. The third kappa shape index (κ3) is 12.3. The Bertz CT molecular complexity index is 828. The first-order valence-corrected chi connectivity index (χ1v) is 15.7. The molecule has 0 aliphatic carbocycles. The summed E-state index contributed by atoms with van der Waals surface area (Å²) < 4.78 is 18.0. The minimum atomic E-state index is -0.0796. The number of aryl methyl sites for hydroxylation is 1. The van der Waals surface area contributed by atoms with E-state index in [1.807, 2.05) is 6.20 Å². The van der Waals surface area contributed by atoms with Gasteiger partial charge in [0.25, 0.3) is 0 Å². The Hall–Kier alpha value is -1.91. The summed E-state index contributed by atoms with van der Waals surface area (Å²) >= 11 is 0. The van der Waals surface area contributed by atoms with Crippen LogP contribution in [-0.4, -0.2) is 31.1 Å². The zero-order valence-electron chi connectivity index (χ0n) is 24.3. The van der Waals surface area contributed by atoms with Crippen molar-refractivity contribution < 1.29 is 14.2 Å². The summed E-state index contributed by atoms with van der Waals surface area (Å²) in [6.45, 7) is 7.02. The van der Waals surface area contributed by atoms with E-state index in [1.54, 1.807) is 0 Å².